The van der Waals surface area contributed by atoms with Crippen LogP contribution in [0.15, 0.2) is 18.3 Å². The van der Waals surface area contributed by atoms with Gasteiger partial charge in [-0.3, -0.25) is 0 Å². The van der Waals surface area contributed by atoms with Crippen LogP contribution in [0.3, 0.4) is 0 Å². The Kier molecular flexibility index (Phi) is 4.08. The number of anilines is 1. The molecule has 3 heterocycles. The second kappa shape index (κ2) is 5.91. The molecule has 2 saturated heterocycles. The van der Waals surface area contributed by atoms with Crippen LogP contribution < -0.4 is 9.64 Å². The molecule has 23 heavy (non-hydrogen) atoms. The van der Waals surface area contributed by atoms with E-state index in [-0.39, 0.29) is 6.09 Å². The van der Waals surface area contributed by atoms with Gasteiger partial charge in [-0.15, -0.1) is 0 Å². The van der Waals surface area contributed by atoms with Crippen LogP contribution in [0.1, 0.15) is 33.6 Å². The van der Waals surface area contributed by atoms with Gasteiger partial charge in [-0.1, -0.05) is 0 Å². The first-order valence-electron chi connectivity index (χ1n) is 8.13. The summed E-state index contributed by atoms with van der Waals surface area (Å²) >= 11 is 0. The Bertz CT molecular complexity index is 553. The van der Waals surface area contributed by atoms with Gasteiger partial charge in [0.15, 0.2) is 0 Å². The molecule has 0 aromatic carbocycles. The van der Waals surface area contributed by atoms with E-state index in [0.29, 0.717) is 25.2 Å². The first-order chi connectivity index (χ1) is 10.9. The molecule has 0 saturated carbocycles. The molecule has 0 N–H and O–H groups in total. The van der Waals surface area contributed by atoms with Gasteiger partial charge in [0.1, 0.15) is 17.2 Å². The number of nitrogens with zero attached hydrogens (tertiary/aromatic N) is 3. The maximum Gasteiger partial charge on any atom is 0.410 e. The zero-order valence-corrected chi connectivity index (χ0v) is 14.3. The molecule has 2 aliphatic rings. The summed E-state index contributed by atoms with van der Waals surface area (Å²) in [5, 5.41) is 0. The summed E-state index contributed by atoms with van der Waals surface area (Å²) in [5.41, 5.74) is -0.454. The first kappa shape index (κ1) is 15.9. The molecule has 6 nitrogen and oxygen atoms in total. The summed E-state index contributed by atoms with van der Waals surface area (Å²) < 4.78 is 10.7. The van der Waals surface area contributed by atoms with Crippen LogP contribution in [0.25, 0.3) is 0 Å². The van der Waals surface area contributed by atoms with Gasteiger partial charge in [-0.25, -0.2) is 9.78 Å². The monoisotopic (exact) mass is 319 g/mol. The number of ether oxygens (including phenoxy) is 2. The lowest BCUT2D eigenvalue weighted by atomic mass is 10.2. The van der Waals surface area contributed by atoms with Crippen molar-refractivity contribution in [1.82, 2.24) is 9.88 Å². The van der Waals surface area contributed by atoms with Crippen LogP contribution in [0, 0.1) is 0 Å². The van der Waals surface area contributed by atoms with Crippen LogP contribution in [-0.4, -0.2) is 53.9 Å². The Morgan fingerprint density at radius 2 is 1.87 bits per heavy atom. The van der Waals surface area contributed by atoms with Gasteiger partial charge in [-0.05, 0) is 45.7 Å². The molecule has 3 rings (SSSR count). The summed E-state index contributed by atoms with van der Waals surface area (Å²) in [6.45, 7) is 7.09. The van der Waals surface area contributed by atoms with Gasteiger partial charge < -0.3 is 19.3 Å². The maximum atomic E-state index is 12.3. The quantitative estimate of drug-likeness (QED) is 0.839. The fourth-order valence-electron chi connectivity index (χ4n) is 3.40. The van der Waals surface area contributed by atoms with Gasteiger partial charge in [0, 0.05) is 25.2 Å². The van der Waals surface area contributed by atoms with Crippen molar-refractivity contribution in [3.05, 3.63) is 18.3 Å². The molecular weight excluding hydrogens is 294 g/mol. The minimum absolute atomic E-state index is 0.211. The smallest absolute Gasteiger partial charge is 0.410 e. The number of hydrogen-bond donors (Lipinski definition) is 0. The van der Waals surface area contributed by atoms with Crippen LogP contribution >= 0.6 is 0 Å². The van der Waals surface area contributed by atoms with Gasteiger partial charge in [-0.2, -0.15) is 0 Å². The molecule has 0 unspecified atom stereocenters. The van der Waals surface area contributed by atoms with E-state index in [1.807, 2.05) is 37.8 Å². The van der Waals surface area contributed by atoms with Crippen molar-refractivity contribution in [2.24, 2.45) is 0 Å². The topological polar surface area (TPSA) is 54.9 Å². The van der Waals surface area contributed by atoms with Crippen LogP contribution in [0.2, 0.25) is 0 Å². The average molecular weight is 319 g/mol. The molecule has 1 aromatic heterocycles. The fourth-order valence-corrected chi connectivity index (χ4v) is 3.40. The van der Waals surface area contributed by atoms with Crippen LogP contribution in [0.4, 0.5) is 10.6 Å². The number of pyridine rings is 1. The summed E-state index contributed by atoms with van der Waals surface area (Å²) in [5.74, 6) is 1.72. The van der Waals surface area contributed by atoms with E-state index in [9.17, 15) is 4.79 Å². The van der Waals surface area contributed by atoms with E-state index in [1.165, 1.54) is 0 Å². The molecule has 2 bridgehead atoms. The number of rotatable bonds is 2. The van der Waals surface area contributed by atoms with Crippen LogP contribution in [-0.2, 0) is 4.74 Å². The standard InChI is InChI=1S/C17H25N3O3/c1-17(2,3)23-16(21)19-10-12-5-6-13(11-19)20(12)15-8-7-14(22-4)9-18-15/h7-9,12-13H,5-6,10-11H2,1-4H3/t12-,13+. The van der Waals surface area contributed by atoms with E-state index in [0.717, 1.165) is 24.4 Å². The zero-order chi connectivity index (χ0) is 16.6. The molecule has 2 fully saturated rings. The lowest BCUT2D eigenvalue weighted by Gasteiger charge is -2.41. The molecule has 0 radical (unpaired) electrons. The van der Waals surface area contributed by atoms with E-state index >= 15 is 0 Å². The van der Waals surface area contributed by atoms with Crippen molar-refractivity contribution >= 4 is 11.9 Å². The number of piperazine rings is 1. The molecular formula is C17H25N3O3. The van der Waals surface area contributed by atoms with Crippen molar-refractivity contribution in [1.29, 1.82) is 0 Å². The molecule has 126 valence electrons. The molecule has 0 spiro atoms. The highest BCUT2D eigenvalue weighted by molar-refractivity contribution is 5.69. The number of fused-ring (bicyclic) bond motifs is 2. The highest BCUT2D eigenvalue weighted by Gasteiger charge is 2.42. The van der Waals surface area contributed by atoms with Gasteiger partial charge in [0.25, 0.3) is 0 Å². The number of carbonyl (C=O) groups excluding carboxylic acids is 1. The highest BCUT2D eigenvalue weighted by Crippen LogP contribution is 2.34. The van der Waals surface area contributed by atoms with Crippen molar-refractivity contribution < 1.29 is 14.3 Å². The number of carbonyl (C=O) groups is 1. The van der Waals surface area contributed by atoms with Gasteiger partial charge >= 0.3 is 6.09 Å². The second-order valence-corrected chi connectivity index (χ2v) is 7.23. The minimum atomic E-state index is -0.454. The largest absolute Gasteiger partial charge is 0.495 e. The normalized spacial score (nSPS) is 23.8. The van der Waals surface area contributed by atoms with E-state index in [2.05, 4.69) is 9.88 Å². The van der Waals surface area contributed by atoms with Crippen LogP contribution in [0.5, 0.6) is 5.75 Å². The van der Waals surface area contributed by atoms with E-state index < -0.39 is 5.60 Å². The predicted octanol–water partition coefficient (Wildman–Crippen LogP) is 2.68. The molecule has 0 aliphatic carbocycles. The Hall–Kier alpha value is -1.98. The Balaban J connectivity index is 1.70. The van der Waals surface area contributed by atoms with Crippen molar-refractivity contribution in [3.63, 3.8) is 0 Å². The van der Waals surface area contributed by atoms with Crippen molar-refractivity contribution in [2.75, 3.05) is 25.1 Å². The lowest BCUT2D eigenvalue weighted by molar-refractivity contribution is 0.0209. The highest BCUT2D eigenvalue weighted by atomic mass is 16.6. The SMILES string of the molecule is COc1ccc(N2[C@@H]3CC[C@H]2CN(C(=O)OC(C)(C)C)C3)nc1. The third-order valence-electron chi connectivity index (χ3n) is 4.35. The average Bonchev–Trinajstić information content (AvgIpc) is 2.75. The number of amides is 1. The maximum absolute atomic E-state index is 12.3. The third-order valence-corrected chi connectivity index (χ3v) is 4.35. The molecule has 1 amide bonds. The lowest BCUT2D eigenvalue weighted by Crippen LogP contribution is -2.56. The molecule has 2 aliphatic heterocycles. The number of hydrogen-bond acceptors (Lipinski definition) is 5. The van der Waals surface area contributed by atoms with E-state index in [4.69, 9.17) is 9.47 Å². The van der Waals surface area contributed by atoms with E-state index in [1.54, 1.807) is 13.3 Å². The Morgan fingerprint density at radius 1 is 1.22 bits per heavy atom. The molecule has 6 heteroatoms. The van der Waals surface area contributed by atoms with Crippen molar-refractivity contribution in [3.8, 4) is 5.75 Å². The van der Waals surface area contributed by atoms with Crippen molar-refractivity contribution in [2.45, 2.75) is 51.3 Å². The molecule has 2 atom stereocenters. The summed E-state index contributed by atoms with van der Waals surface area (Å²) in [4.78, 5) is 21.0. The summed E-state index contributed by atoms with van der Waals surface area (Å²) in [6.07, 6.45) is 3.70. The predicted molar refractivity (Wildman–Crippen MR) is 87.9 cm³/mol. The molecule has 1 aromatic rings. The number of likely N-dealkylation sites (tertiary alicyclic amines) is 1. The van der Waals surface area contributed by atoms with Gasteiger partial charge in [0.05, 0.1) is 13.3 Å². The van der Waals surface area contributed by atoms with Gasteiger partial charge in [0.2, 0.25) is 0 Å². The second-order valence-electron chi connectivity index (χ2n) is 7.23. The summed E-state index contributed by atoms with van der Waals surface area (Å²) in [7, 11) is 1.64. The fraction of sp³-hybridized carbons (Fsp3) is 0.647. The third kappa shape index (κ3) is 3.35. The Morgan fingerprint density at radius 3 is 2.35 bits per heavy atom. The first-order valence-corrected chi connectivity index (χ1v) is 8.13. The minimum Gasteiger partial charge on any atom is -0.495 e. The summed E-state index contributed by atoms with van der Waals surface area (Å²) in [6, 6.07) is 4.54. The zero-order valence-electron chi connectivity index (χ0n) is 14.3. The number of methoxy groups -OCH3 is 1. The number of aromatic nitrogens is 1. The Labute approximate surface area is 137 Å².